The second-order valence-corrected chi connectivity index (χ2v) is 7.42. The summed E-state index contributed by atoms with van der Waals surface area (Å²) in [5, 5.41) is 9.11. The highest BCUT2D eigenvalue weighted by Gasteiger charge is 2.35. The number of carboxylic acid groups (broad SMARTS) is 1. The molecule has 1 N–H and O–H groups in total. The van der Waals surface area contributed by atoms with E-state index in [1.54, 1.807) is 0 Å². The van der Waals surface area contributed by atoms with E-state index in [0.29, 0.717) is 12.5 Å². The summed E-state index contributed by atoms with van der Waals surface area (Å²) < 4.78 is 0. The van der Waals surface area contributed by atoms with E-state index in [-0.39, 0.29) is 18.6 Å². The van der Waals surface area contributed by atoms with Crippen LogP contribution in [0.25, 0.3) is 0 Å². The molecule has 0 aromatic carbocycles. The molecule has 0 aromatic rings. The molecule has 1 rings (SSSR count). The Morgan fingerprint density at radius 2 is 1.71 bits per heavy atom. The lowest BCUT2D eigenvalue weighted by molar-refractivity contribution is -0.138. The Bertz CT molecular complexity index is 368. The molecule has 0 unspecified atom stereocenters. The van der Waals surface area contributed by atoms with Gasteiger partial charge in [-0.3, -0.25) is 4.79 Å². The lowest BCUT2D eigenvalue weighted by Crippen LogP contribution is -2.56. The molecule has 0 radical (unpaired) electrons. The maximum Gasteiger partial charge on any atom is 0.323 e. The van der Waals surface area contributed by atoms with Gasteiger partial charge in [-0.1, -0.05) is 26.7 Å². The monoisotopic (exact) mass is 298 g/mol. The van der Waals surface area contributed by atoms with Gasteiger partial charge in [-0.25, -0.2) is 4.79 Å². The van der Waals surface area contributed by atoms with Crippen molar-refractivity contribution in [2.75, 3.05) is 13.1 Å². The number of hydrogen-bond acceptors (Lipinski definition) is 2. The predicted octanol–water partition coefficient (Wildman–Crippen LogP) is 3.19. The van der Waals surface area contributed by atoms with Crippen LogP contribution in [0.1, 0.15) is 60.3 Å². The molecule has 0 spiro atoms. The minimum absolute atomic E-state index is 0.134. The van der Waals surface area contributed by atoms with Gasteiger partial charge in [-0.05, 0) is 39.5 Å². The van der Waals surface area contributed by atoms with Crippen LogP contribution in [-0.2, 0) is 4.79 Å². The fraction of sp³-hybridized carbons (Fsp3) is 0.875. The highest BCUT2D eigenvalue weighted by atomic mass is 16.4. The van der Waals surface area contributed by atoms with E-state index < -0.39 is 11.5 Å². The third-order valence-electron chi connectivity index (χ3n) is 3.91. The third-order valence-corrected chi connectivity index (χ3v) is 3.91. The molecule has 0 bridgehead atoms. The van der Waals surface area contributed by atoms with Gasteiger partial charge in [-0.15, -0.1) is 0 Å². The van der Waals surface area contributed by atoms with Crippen molar-refractivity contribution < 1.29 is 14.7 Å². The van der Waals surface area contributed by atoms with E-state index in [2.05, 4.69) is 13.8 Å². The maximum absolute atomic E-state index is 12.9. The number of rotatable bonds is 5. The first-order chi connectivity index (χ1) is 9.62. The van der Waals surface area contributed by atoms with Crippen molar-refractivity contribution in [3.63, 3.8) is 0 Å². The highest BCUT2D eigenvalue weighted by Crippen LogP contribution is 2.27. The minimum atomic E-state index is -0.964. The average molecular weight is 298 g/mol. The smallest absolute Gasteiger partial charge is 0.323 e. The van der Waals surface area contributed by atoms with Gasteiger partial charge in [0, 0.05) is 18.1 Å². The van der Waals surface area contributed by atoms with E-state index in [1.807, 2.05) is 25.7 Å². The molecule has 1 aliphatic rings. The topological polar surface area (TPSA) is 60.9 Å². The molecule has 0 heterocycles. The molecule has 0 atom stereocenters. The standard InChI is InChI=1S/C16H30N2O3/c1-12(2)10-17(13-8-6-7-9-13)15(21)18(11-14(19)20)16(3,4)5/h12-13H,6-11H2,1-5H3,(H,19,20). The molecule has 21 heavy (non-hydrogen) atoms. The lowest BCUT2D eigenvalue weighted by Gasteiger charge is -2.41. The van der Waals surface area contributed by atoms with Crippen molar-refractivity contribution >= 4 is 12.0 Å². The van der Waals surface area contributed by atoms with Crippen LogP contribution in [0, 0.1) is 5.92 Å². The van der Waals surface area contributed by atoms with Crippen LogP contribution < -0.4 is 0 Å². The molecular formula is C16H30N2O3. The average Bonchev–Trinajstić information content (AvgIpc) is 2.84. The van der Waals surface area contributed by atoms with Gasteiger partial charge in [0.1, 0.15) is 6.54 Å². The number of carbonyl (C=O) groups is 2. The first-order valence-corrected chi connectivity index (χ1v) is 7.93. The summed E-state index contributed by atoms with van der Waals surface area (Å²) in [5.41, 5.74) is -0.497. The van der Waals surface area contributed by atoms with Crippen LogP contribution in [0.5, 0.6) is 0 Å². The van der Waals surface area contributed by atoms with Gasteiger partial charge in [0.2, 0.25) is 0 Å². The van der Waals surface area contributed by atoms with Crippen molar-refractivity contribution in [3.05, 3.63) is 0 Å². The number of aliphatic carboxylic acids is 1. The van der Waals surface area contributed by atoms with Gasteiger partial charge < -0.3 is 14.9 Å². The summed E-state index contributed by atoms with van der Waals surface area (Å²) in [5.74, 6) is -0.588. The van der Waals surface area contributed by atoms with Crippen molar-refractivity contribution in [2.24, 2.45) is 5.92 Å². The predicted molar refractivity (Wildman–Crippen MR) is 83.3 cm³/mol. The first-order valence-electron chi connectivity index (χ1n) is 7.93. The van der Waals surface area contributed by atoms with Gasteiger partial charge in [0.05, 0.1) is 0 Å². The summed E-state index contributed by atoms with van der Waals surface area (Å²) in [6.07, 6.45) is 4.37. The van der Waals surface area contributed by atoms with Crippen molar-refractivity contribution in [1.82, 2.24) is 9.80 Å². The normalized spacial score (nSPS) is 16.3. The molecule has 0 aliphatic heterocycles. The number of amides is 2. The molecule has 1 aliphatic carbocycles. The van der Waals surface area contributed by atoms with Crippen LogP contribution in [-0.4, -0.2) is 51.6 Å². The fourth-order valence-electron chi connectivity index (χ4n) is 2.87. The summed E-state index contributed by atoms with van der Waals surface area (Å²) in [4.78, 5) is 27.4. The Labute approximate surface area is 128 Å². The molecule has 5 nitrogen and oxygen atoms in total. The van der Waals surface area contributed by atoms with Crippen LogP contribution in [0.4, 0.5) is 4.79 Å². The van der Waals surface area contributed by atoms with Gasteiger partial charge >= 0.3 is 12.0 Å². The zero-order chi connectivity index (χ0) is 16.2. The molecule has 1 saturated carbocycles. The molecule has 2 amide bonds. The van der Waals surface area contributed by atoms with Gasteiger partial charge in [0.25, 0.3) is 0 Å². The van der Waals surface area contributed by atoms with Crippen molar-refractivity contribution in [3.8, 4) is 0 Å². The Morgan fingerprint density at radius 1 is 1.19 bits per heavy atom. The minimum Gasteiger partial charge on any atom is -0.480 e. The molecular weight excluding hydrogens is 268 g/mol. The Morgan fingerprint density at radius 3 is 2.10 bits per heavy atom. The van der Waals surface area contributed by atoms with Crippen LogP contribution in [0.3, 0.4) is 0 Å². The Hall–Kier alpha value is -1.26. The van der Waals surface area contributed by atoms with Crippen molar-refractivity contribution in [2.45, 2.75) is 71.9 Å². The van der Waals surface area contributed by atoms with Gasteiger partial charge in [0.15, 0.2) is 0 Å². The van der Waals surface area contributed by atoms with Crippen LogP contribution >= 0.6 is 0 Å². The number of urea groups is 1. The Kier molecular flexibility index (Phi) is 6.05. The molecule has 0 saturated heterocycles. The number of carboxylic acids is 1. The van der Waals surface area contributed by atoms with Crippen LogP contribution in [0.15, 0.2) is 0 Å². The number of carbonyl (C=O) groups excluding carboxylic acids is 1. The molecule has 122 valence electrons. The van der Waals surface area contributed by atoms with Crippen molar-refractivity contribution in [1.29, 1.82) is 0 Å². The highest BCUT2D eigenvalue weighted by molar-refractivity contribution is 5.81. The van der Waals surface area contributed by atoms with E-state index in [4.69, 9.17) is 5.11 Å². The van der Waals surface area contributed by atoms with Crippen LogP contribution in [0.2, 0.25) is 0 Å². The zero-order valence-corrected chi connectivity index (χ0v) is 14.1. The Balaban J connectivity index is 2.96. The van der Waals surface area contributed by atoms with E-state index >= 15 is 0 Å². The second-order valence-electron chi connectivity index (χ2n) is 7.42. The quantitative estimate of drug-likeness (QED) is 0.848. The zero-order valence-electron chi connectivity index (χ0n) is 14.1. The second kappa shape index (κ2) is 7.14. The summed E-state index contributed by atoms with van der Waals surface area (Å²) in [6.45, 7) is 10.3. The van der Waals surface area contributed by atoms with E-state index in [1.165, 1.54) is 4.90 Å². The summed E-state index contributed by atoms with van der Waals surface area (Å²) >= 11 is 0. The third kappa shape index (κ3) is 5.21. The molecule has 1 fully saturated rings. The lowest BCUT2D eigenvalue weighted by atomic mass is 10.1. The fourth-order valence-corrected chi connectivity index (χ4v) is 2.87. The number of nitrogens with zero attached hydrogens (tertiary/aromatic N) is 2. The van der Waals surface area contributed by atoms with E-state index in [9.17, 15) is 9.59 Å². The largest absolute Gasteiger partial charge is 0.480 e. The van der Waals surface area contributed by atoms with Gasteiger partial charge in [-0.2, -0.15) is 0 Å². The maximum atomic E-state index is 12.9. The molecule has 5 heteroatoms. The van der Waals surface area contributed by atoms with E-state index in [0.717, 1.165) is 25.7 Å². The first kappa shape index (κ1) is 17.8. The summed E-state index contributed by atoms with van der Waals surface area (Å²) in [7, 11) is 0. The number of hydrogen-bond donors (Lipinski definition) is 1. The SMILES string of the molecule is CC(C)CN(C(=O)N(CC(=O)O)C(C)(C)C)C1CCCC1. The molecule has 0 aromatic heterocycles. The summed E-state index contributed by atoms with van der Waals surface area (Å²) in [6, 6.07) is 0.129.